The molecule has 0 aromatic carbocycles. The van der Waals surface area contributed by atoms with Gasteiger partial charge in [-0.1, -0.05) is 359 Å². The molecule has 0 spiro atoms. The van der Waals surface area contributed by atoms with Crippen molar-refractivity contribution in [3.05, 3.63) is 36.5 Å². The van der Waals surface area contributed by atoms with Crippen molar-refractivity contribution in [3.8, 4) is 0 Å². The Kier molecular flexibility index (Phi) is 70.9. The topological polar surface area (TPSA) is 95.9 Å². The van der Waals surface area contributed by atoms with Gasteiger partial charge in [0.15, 0.2) is 0 Å². The van der Waals surface area contributed by atoms with Gasteiger partial charge in [-0.2, -0.15) is 0 Å². The molecule has 83 heavy (non-hydrogen) atoms. The fraction of sp³-hybridized carbons (Fsp3) is 0.896. The quantitative estimate of drug-likeness (QED) is 0.0320. The molecule has 0 aliphatic carbocycles. The molecule has 0 aromatic heterocycles. The molecule has 0 aliphatic heterocycles. The Labute approximate surface area is 519 Å². The molecule has 1 amide bonds. The largest absolute Gasteiger partial charge is 0.466 e. The zero-order chi connectivity index (χ0) is 59.9. The third kappa shape index (κ3) is 69.1. The molecule has 6 nitrogen and oxygen atoms in total. The normalized spacial score (nSPS) is 12.7. The molecule has 0 aliphatic rings. The van der Waals surface area contributed by atoms with Crippen molar-refractivity contribution in [2.75, 3.05) is 13.2 Å². The third-order valence-electron chi connectivity index (χ3n) is 17.7. The summed E-state index contributed by atoms with van der Waals surface area (Å²) in [7, 11) is 0. The highest BCUT2D eigenvalue weighted by atomic mass is 16.5. The molecule has 0 saturated carbocycles. The van der Waals surface area contributed by atoms with Crippen LogP contribution in [-0.4, -0.2) is 47.4 Å². The van der Waals surface area contributed by atoms with Gasteiger partial charge in [-0.05, 0) is 83.5 Å². The average Bonchev–Trinajstić information content (AvgIpc) is 3.49. The summed E-state index contributed by atoms with van der Waals surface area (Å²) in [6, 6.07) is -0.546. The van der Waals surface area contributed by atoms with Crippen molar-refractivity contribution in [1.29, 1.82) is 0 Å². The zero-order valence-corrected chi connectivity index (χ0v) is 56.2. The molecule has 6 heteroatoms. The van der Waals surface area contributed by atoms with Gasteiger partial charge < -0.3 is 20.3 Å². The SMILES string of the molecule is CCCCCC/C=C\C/C=C\CCCCCCCCCC(=O)OCCCCCCCCCCCCCC/C=C\CCCCCCCCCCCC(=O)NC(CO)C(O)CCCCCCCCCCCCCCCCCCCCCCCCC. The van der Waals surface area contributed by atoms with E-state index in [9.17, 15) is 19.8 Å². The molecule has 2 atom stereocenters. The molecule has 0 fully saturated rings. The molecule has 2 unspecified atom stereocenters. The number of amides is 1. The number of aliphatic hydroxyl groups is 2. The van der Waals surface area contributed by atoms with Crippen molar-refractivity contribution in [2.24, 2.45) is 0 Å². The number of unbranched alkanes of at least 4 members (excludes halogenated alkanes) is 54. The number of carbonyl (C=O) groups excluding carboxylic acids is 2. The van der Waals surface area contributed by atoms with Gasteiger partial charge in [0.05, 0.1) is 25.4 Å². The first-order valence-corrected chi connectivity index (χ1v) is 37.7. The number of aliphatic hydroxyl groups excluding tert-OH is 2. The predicted molar refractivity (Wildman–Crippen MR) is 366 cm³/mol. The number of nitrogens with one attached hydrogen (secondary N) is 1. The molecule has 490 valence electrons. The lowest BCUT2D eigenvalue weighted by Gasteiger charge is -2.22. The van der Waals surface area contributed by atoms with Crippen molar-refractivity contribution < 1.29 is 24.5 Å². The summed E-state index contributed by atoms with van der Waals surface area (Å²) in [5.41, 5.74) is 0. The minimum atomic E-state index is -0.668. The highest BCUT2D eigenvalue weighted by Gasteiger charge is 2.20. The van der Waals surface area contributed by atoms with E-state index in [0.29, 0.717) is 25.9 Å². The van der Waals surface area contributed by atoms with Gasteiger partial charge in [0, 0.05) is 12.8 Å². The molecule has 0 bridgehead atoms. The van der Waals surface area contributed by atoms with Gasteiger partial charge in [0.2, 0.25) is 5.91 Å². The molecular weight excluding hydrogens is 1020 g/mol. The van der Waals surface area contributed by atoms with E-state index in [1.165, 1.54) is 334 Å². The van der Waals surface area contributed by atoms with Crippen LogP contribution < -0.4 is 5.32 Å². The van der Waals surface area contributed by atoms with E-state index < -0.39 is 12.1 Å². The number of rotatable bonds is 71. The van der Waals surface area contributed by atoms with Crippen LogP contribution in [0.4, 0.5) is 0 Å². The first kappa shape index (κ1) is 81.1. The Balaban J connectivity index is 3.39. The van der Waals surface area contributed by atoms with E-state index in [2.05, 4.69) is 55.6 Å². The number of carbonyl (C=O) groups is 2. The van der Waals surface area contributed by atoms with Crippen LogP contribution in [0.5, 0.6) is 0 Å². The second-order valence-electron chi connectivity index (χ2n) is 26.0. The summed E-state index contributed by atoms with van der Waals surface area (Å²) in [5.74, 6) is -0.0265. The molecule has 0 saturated heterocycles. The van der Waals surface area contributed by atoms with E-state index in [1.807, 2.05) is 0 Å². The summed E-state index contributed by atoms with van der Waals surface area (Å²) < 4.78 is 5.50. The van der Waals surface area contributed by atoms with Crippen LogP contribution >= 0.6 is 0 Å². The zero-order valence-electron chi connectivity index (χ0n) is 56.2. The molecule has 0 radical (unpaired) electrons. The van der Waals surface area contributed by atoms with Gasteiger partial charge in [-0.25, -0.2) is 0 Å². The standard InChI is InChI=1S/C77H147NO5/c1-3-5-7-9-11-13-15-17-19-21-23-24-28-31-34-37-41-45-49-53-57-61-65-69-75(80)74(73-79)78-76(81)70-66-62-58-54-50-46-42-38-35-32-29-26-25-27-30-33-36-40-44-48-52-56-60-64-68-72-83-77(82)71-67-63-59-55-51-47-43-39-22-20-18-16-14-12-10-8-6-4-2/h14,16,20,22,26,29,74-75,79-80H,3-13,15,17-19,21,23-25,27-28,30-73H2,1-2H3,(H,78,81)/b16-14-,22-20-,29-26-. The van der Waals surface area contributed by atoms with E-state index in [-0.39, 0.29) is 18.5 Å². The van der Waals surface area contributed by atoms with Gasteiger partial charge in [0.1, 0.15) is 0 Å². The smallest absolute Gasteiger partial charge is 0.305 e. The van der Waals surface area contributed by atoms with Gasteiger partial charge in [-0.15, -0.1) is 0 Å². The maximum atomic E-state index is 12.6. The second kappa shape index (κ2) is 72.6. The summed E-state index contributed by atoms with van der Waals surface area (Å²) in [6.45, 7) is 4.97. The Morgan fingerprint density at radius 3 is 0.940 bits per heavy atom. The monoisotopic (exact) mass is 1170 g/mol. The summed E-state index contributed by atoms with van der Waals surface area (Å²) >= 11 is 0. The Hall–Kier alpha value is -1.92. The van der Waals surface area contributed by atoms with Crippen LogP contribution in [0.2, 0.25) is 0 Å². The number of hydrogen-bond acceptors (Lipinski definition) is 5. The summed E-state index contributed by atoms with van der Waals surface area (Å²) in [6.07, 6.45) is 93.5. The van der Waals surface area contributed by atoms with Crippen LogP contribution in [-0.2, 0) is 14.3 Å². The Morgan fingerprint density at radius 1 is 0.337 bits per heavy atom. The van der Waals surface area contributed by atoms with Gasteiger partial charge >= 0.3 is 5.97 Å². The van der Waals surface area contributed by atoms with Crippen molar-refractivity contribution in [3.63, 3.8) is 0 Å². The number of esters is 1. The van der Waals surface area contributed by atoms with Crippen molar-refractivity contribution in [2.45, 2.75) is 431 Å². The second-order valence-corrected chi connectivity index (χ2v) is 26.0. The average molecular weight is 1170 g/mol. The Bertz CT molecular complexity index is 1340. The van der Waals surface area contributed by atoms with E-state index in [0.717, 1.165) is 51.4 Å². The number of hydrogen-bond donors (Lipinski definition) is 3. The fourth-order valence-electron chi connectivity index (χ4n) is 11.9. The highest BCUT2D eigenvalue weighted by Crippen LogP contribution is 2.19. The van der Waals surface area contributed by atoms with Gasteiger partial charge in [-0.3, -0.25) is 9.59 Å². The van der Waals surface area contributed by atoms with Crippen LogP contribution in [0, 0.1) is 0 Å². The van der Waals surface area contributed by atoms with Crippen LogP contribution in [0.1, 0.15) is 418 Å². The molecule has 3 N–H and O–H groups in total. The fourth-order valence-corrected chi connectivity index (χ4v) is 11.9. The number of allylic oxidation sites excluding steroid dienone is 6. The van der Waals surface area contributed by atoms with Crippen molar-refractivity contribution >= 4 is 11.9 Å². The summed E-state index contributed by atoms with van der Waals surface area (Å²) in [5, 5.41) is 23.5. The molecule has 0 rings (SSSR count). The van der Waals surface area contributed by atoms with Crippen LogP contribution in [0.3, 0.4) is 0 Å². The molecule has 0 heterocycles. The van der Waals surface area contributed by atoms with E-state index >= 15 is 0 Å². The number of ether oxygens (including phenoxy) is 1. The van der Waals surface area contributed by atoms with Crippen molar-refractivity contribution in [1.82, 2.24) is 5.32 Å². The molecule has 0 aromatic rings. The minimum absolute atomic E-state index is 0.00697. The highest BCUT2D eigenvalue weighted by molar-refractivity contribution is 5.76. The van der Waals surface area contributed by atoms with Crippen LogP contribution in [0.25, 0.3) is 0 Å². The van der Waals surface area contributed by atoms with E-state index in [1.54, 1.807) is 0 Å². The first-order chi connectivity index (χ1) is 41.0. The lowest BCUT2D eigenvalue weighted by Crippen LogP contribution is -2.45. The minimum Gasteiger partial charge on any atom is -0.466 e. The first-order valence-electron chi connectivity index (χ1n) is 37.7. The maximum absolute atomic E-state index is 12.6. The third-order valence-corrected chi connectivity index (χ3v) is 17.7. The summed E-state index contributed by atoms with van der Waals surface area (Å²) in [4.78, 5) is 24.7. The Morgan fingerprint density at radius 2 is 0.602 bits per heavy atom. The molecular formula is C77H147NO5. The van der Waals surface area contributed by atoms with E-state index in [4.69, 9.17) is 4.74 Å². The maximum Gasteiger partial charge on any atom is 0.305 e. The van der Waals surface area contributed by atoms with Crippen LogP contribution in [0.15, 0.2) is 36.5 Å². The predicted octanol–water partition coefficient (Wildman–Crippen LogP) is 24.7. The lowest BCUT2D eigenvalue weighted by atomic mass is 10.0. The lowest BCUT2D eigenvalue weighted by molar-refractivity contribution is -0.143. The van der Waals surface area contributed by atoms with Gasteiger partial charge in [0.25, 0.3) is 0 Å².